The van der Waals surface area contributed by atoms with Gasteiger partial charge in [-0.05, 0) is 50.3 Å². The molecule has 0 atom stereocenters. The summed E-state index contributed by atoms with van der Waals surface area (Å²) in [4.78, 5) is 4.25. The van der Waals surface area contributed by atoms with Crippen molar-refractivity contribution in [2.45, 2.75) is 40.5 Å². The second-order valence-corrected chi connectivity index (χ2v) is 5.13. The van der Waals surface area contributed by atoms with Crippen molar-refractivity contribution in [3.63, 3.8) is 0 Å². The molecule has 15 heavy (non-hydrogen) atoms. The molecule has 0 fully saturated rings. The van der Waals surface area contributed by atoms with E-state index >= 15 is 0 Å². The van der Waals surface area contributed by atoms with E-state index in [1.165, 1.54) is 5.56 Å². The van der Waals surface area contributed by atoms with Crippen LogP contribution in [0.2, 0.25) is 0 Å². The van der Waals surface area contributed by atoms with E-state index < -0.39 is 0 Å². The van der Waals surface area contributed by atoms with Crippen LogP contribution >= 0.6 is 0 Å². The highest BCUT2D eigenvalue weighted by Gasteiger charge is 2.04. The standard InChI is InChI=1S/C14H19N/c1-11(2)12-7-9-15-13(10-12)6-8-14(3,4)5/h7,9-11H,1-5H3. The molecule has 0 unspecified atom stereocenters. The summed E-state index contributed by atoms with van der Waals surface area (Å²) in [5, 5.41) is 0. The molecule has 0 amide bonds. The zero-order chi connectivity index (χ0) is 11.5. The Morgan fingerprint density at radius 1 is 1.27 bits per heavy atom. The molecule has 1 aromatic rings. The first kappa shape index (κ1) is 11.8. The van der Waals surface area contributed by atoms with Crippen LogP contribution in [-0.2, 0) is 0 Å². The number of hydrogen-bond donors (Lipinski definition) is 0. The molecule has 0 spiro atoms. The van der Waals surface area contributed by atoms with Crippen LogP contribution in [-0.4, -0.2) is 4.98 Å². The number of rotatable bonds is 1. The van der Waals surface area contributed by atoms with Crippen LogP contribution in [0.5, 0.6) is 0 Å². The molecule has 0 aliphatic rings. The van der Waals surface area contributed by atoms with E-state index in [1.54, 1.807) is 0 Å². The summed E-state index contributed by atoms with van der Waals surface area (Å²) in [5.41, 5.74) is 2.20. The second-order valence-electron chi connectivity index (χ2n) is 5.13. The Hall–Kier alpha value is -1.29. The van der Waals surface area contributed by atoms with Gasteiger partial charge < -0.3 is 0 Å². The van der Waals surface area contributed by atoms with E-state index in [0.29, 0.717) is 5.92 Å². The molecule has 0 N–H and O–H groups in total. The van der Waals surface area contributed by atoms with E-state index in [9.17, 15) is 0 Å². The molecule has 80 valence electrons. The van der Waals surface area contributed by atoms with Crippen molar-refractivity contribution in [1.29, 1.82) is 0 Å². The van der Waals surface area contributed by atoms with Crippen LogP contribution in [0.15, 0.2) is 18.3 Å². The highest BCUT2D eigenvalue weighted by molar-refractivity contribution is 5.33. The molecule has 1 heterocycles. The van der Waals surface area contributed by atoms with Gasteiger partial charge in [0.15, 0.2) is 0 Å². The molecule has 1 aromatic heterocycles. The van der Waals surface area contributed by atoms with Gasteiger partial charge in [0, 0.05) is 11.6 Å². The highest BCUT2D eigenvalue weighted by atomic mass is 14.6. The zero-order valence-corrected chi connectivity index (χ0v) is 10.3. The Balaban J connectivity index is 2.95. The SMILES string of the molecule is CC(C)c1ccnc(C#CC(C)(C)C)c1. The van der Waals surface area contributed by atoms with Crippen LogP contribution in [0.25, 0.3) is 0 Å². The third-order valence-electron chi connectivity index (χ3n) is 2.02. The van der Waals surface area contributed by atoms with E-state index in [4.69, 9.17) is 0 Å². The average molecular weight is 201 g/mol. The maximum atomic E-state index is 4.25. The summed E-state index contributed by atoms with van der Waals surface area (Å²) in [6.45, 7) is 10.7. The lowest BCUT2D eigenvalue weighted by Crippen LogP contribution is -2.00. The molecule has 0 aliphatic carbocycles. The van der Waals surface area contributed by atoms with Crippen LogP contribution < -0.4 is 0 Å². The minimum atomic E-state index is 0.0372. The summed E-state index contributed by atoms with van der Waals surface area (Å²) < 4.78 is 0. The Morgan fingerprint density at radius 3 is 2.47 bits per heavy atom. The van der Waals surface area contributed by atoms with Crippen LogP contribution in [0.3, 0.4) is 0 Å². The lowest BCUT2D eigenvalue weighted by Gasteiger charge is -2.07. The molecule has 0 saturated heterocycles. The van der Waals surface area contributed by atoms with Gasteiger partial charge in [0.2, 0.25) is 0 Å². The molecular weight excluding hydrogens is 182 g/mol. The van der Waals surface area contributed by atoms with Crippen LogP contribution in [0, 0.1) is 17.3 Å². The van der Waals surface area contributed by atoms with Gasteiger partial charge in [-0.3, -0.25) is 0 Å². The van der Waals surface area contributed by atoms with Crippen LogP contribution in [0.1, 0.15) is 51.8 Å². The first-order valence-electron chi connectivity index (χ1n) is 5.37. The molecule has 0 aliphatic heterocycles. The van der Waals surface area contributed by atoms with Gasteiger partial charge in [0.1, 0.15) is 5.69 Å². The maximum Gasteiger partial charge on any atom is 0.113 e. The maximum absolute atomic E-state index is 4.25. The van der Waals surface area contributed by atoms with Crippen molar-refractivity contribution in [2.24, 2.45) is 5.41 Å². The fraction of sp³-hybridized carbons (Fsp3) is 0.500. The fourth-order valence-electron chi connectivity index (χ4n) is 1.13. The van der Waals surface area contributed by atoms with E-state index in [2.05, 4.69) is 57.5 Å². The van der Waals surface area contributed by atoms with E-state index in [1.807, 2.05) is 12.3 Å². The quantitative estimate of drug-likeness (QED) is 0.633. The average Bonchev–Trinajstić information content (AvgIpc) is 2.14. The van der Waals surface area contributed by atoms with Gasteiger partial charge in [0.25, 0.3) is 0 Å². The van der Waals surface area contributed by atoms with E-state index in [-0.39, 0.29) is 5.41 Å². The summed E-state index contributed by atoms with van der Waals surface area (Å²) in [6, 6.07) is 4.12. The Kier molecular flexibility index (Phi) is 3.52. The van der Waals surface area contributed by atoms with Crippen LogP contribution in [0.4, 0.5) is 0 Å². The van der Waals surface area contributed by atoms with E-state index in [0.717, 1.165) is 5.69 Å². The van der Waals surface area contributed by atoms with Gasteiger partial charge in [-0.1, -0.05) is 19.8 Å². The van der Waals surface area contributed by atoms with Crippen molar-refractivity contribution in [3.8, 4) is 11.8 Å². The van der Waals surface area contributed by atoms with Crippen molar-refractivity contribution in [3.05, 3.63) is 29.6 Å². The largest absolute Gasteiger partial charge is 0.248 e. The molecule has 0 aromatic carbocycles. The van der Waals surface area contributed by atoms with Gasteiger partial charge >= 0.3 is 0 Å². The highest BCUT2D eigenvalue weighted by Crippen LogP contribution is 2.14. The summed E-state index contributed by atoms with van der Waals surface area (Å²) in [6.07, 6.45) is 1.84. The zero-order valence-electron chi connectivity index (χ0n) is 10.3. The van der Waals surface area contributed by atoms with Gasteiger partial charge in [-0.25, -0.2) is 4.98 Å². The van der Waals surface area contributed by atoms with Gasteiger partial charge in [-0.15, -0.1) is 0 Å². The fourth-order valence-corrected chi connectivity index (χ4v) is 1.13. The lowest BCUT2D eigenvalue weighted by molar-refractivity contribution is 0.571. The predicted octanol–water partition coefficient (Wildman–Crippen LogP) is 3.60. The van der Waals surface area contributed by atoms with Crippen molar-refractivity contribution < 1.29 is 0 Å². The molecule has 1 rings (SSSR count). The van der Waals surface area contributed by atoms with Crippen molar-refractivity contribution >= 4 is 0 Å². The normalized spacial score (nSPS) is 11.1. The van der Waals surface area contributed by atoms with Crippen molar-refractivity contribution in [1.82, 2.24) is 4.98 Å². The minimum Gasteiger partial charge on any atom is -0.248 e. The third-order valence-corrected chi connectivity index (χ3v) is 2.02. The minimum absolute atomic E-state index is 0.0372. The topological polar surface area (TPSA) is 12.9 Å². The summed E-state index contributed by atoms with van der Waals surface area (Å²) >= 11 is 0. The lowest BCUT2D eigenvalue weighted by atomic mass is 9.97. The van der Waals surface area contributed by atoms with Crippen molar-refractivity contribution in [2.75, 3.05) is 0 Å². The summed E-state index contributed by atoms with van der Waals surface area (Å²) in [7, 11) is 0. The smallest absolute Gasteiger partial charge is 0.113 e. The Morgan fingerprint density at radius 2 is 1.93 bits per heavy atom. The number of nitrogens with zero attached hydrogens (tertiary/aromatic N) is 1. The molecule has 1 heteroatoms. The third kappa shape index (κ3) is 4.16. The number of hydrogen-bond acceptors (Lipinski definition) is 1. The molecule has 0 bridgehead atoms. The Labute approximate surface area is 92.9 Å². The first-order chi connectivity index (χ1) is 6.88. The number of aromatic nitrogens is 1. The van der Waals surface area contributed by atoms with Gasteiger partial charge in [0.05, 0.1) is 0 Å². The van der Waals surface area contributed by atoms with Gasteiger partial charge in [-0.2, -0.15) is 0 Å². The molecule has 0 saturated carbocycles. The molecule has 1 nitrogen and oxygen atoms in total. The predicted molar refractivity (Wildman–Crippen MR) is 64.7 cm³/mol. The second kappa shape index (κ2) is 4.49. The summed E-state index contributed by atoms with van der Waals surface area (Å²) in [5.74, 6) is 6.84. The molecule has 0 radical (unpaired) electrons. The Bertz CT molecular complexity index is 386. The first-order valence-corrected chi connectivity index (χ1v) is 5.37. The molecular formula is C14H19N. The monoisotopic (exact) mass is 201 g/mol. The number of pyridine rings is 1.